The van der Waals surface area contributed by atoms with E-state index >= 15 is 0 Å². The van der Waals surface area contributed by atoms with Gasteiger partial charge >= 0.3 is 0 Å². The predicted molar refractivity (Wildman–Crippen MR) is 114 cm³/mol. The molecule has 1 aromatic rings. The van der Waals surface area contributed by atoms with E-state index < -0.39 is 23.1 Å². The maximum absolute atomic E-state index is 14.4. The fraction of sp³-hybridized carbons (Fsp3) is 0.636. The van der Waals surface area contributed by atoms with Crippen LogP contribution in [0.2, 0.25) is 0 Å². The number of piperidine rings is 1. The Kier molecular flexibility index (Phi) is 6.25. The van der Waals surface area contributed by atoms with E-state index in [2.05, 4.69) is 10.2 Å². The van der Waals surface area contributed by atoms with Gasteiger partial charge in [-0.15, -0.1) is 0 Å². The second-order valence-corrected chi connectivity index (χ2v) is 9.22. The molecule has 3 fully saturated rings. The average Bonchev–Trinajstić information content (AvgIpc) is 3.40. The molecule has 1 atom stereocenters. The summed E-state index contributed by atoms with van der Waals surface area (Å²) < 4.78 is 34.1. The molecule has 0 aromatic heterocycles. The first-order chi connectivity index (χ1) is 14.4. The van der Waals surface area contributed by atoms with Crippen molar-refractivity contribution in [2.45, 2.75) is 45.1 Å². The molecule has 3 aliphatic rings. The van der Waals surface area contributed by atoms with Crippen LogP contribution < -0.4 is 5.32 Å². The molecule has 1 amide bonds. The number of aryl methyl sites for hydroxylation is 1. The van der Waals surface area contributed by atoms with Gasteiger partial charge in [0.1, 0.15) is 17.2 Å². The average molecular weight is 438 g/mol. The van der Waals surface area contributed by atoms with Crippen molar-refractivity contribution in [3.05, 3.63) is 34.9 Å². The van der Waals surface area contributed by atoms with Gasteiger partial charge < -0.3 is 19.9 Å². The number of hydrogen-bond donors (Lipinski definition) is 1. The SMILES string of the molecule is Cc1ccc(F)c(C(=O)N2CCC3(CC2)CCN(C(=S)NCC2CCCO2)C3)c1F. The van der Waals surface area contributed by atoms with E-state index in [4.69, 9.17) is 17.0 Å². The standard InChI is InChI=1S/C22H29F2N3O2S/c1-15-4-5-17(23)18(19(15)24)20(28)26-9-6-22(7-10-26)8-11-27(14-22)21(30)25-13-16-3-2-12-29-16/h4-5,16H,2-3,6-14H2,1H3,(H,25,30). The minimum Gasteiger partial charge on any atom is -0.376 e. The van der Waals surface area contributed by atoms with E-state index in [0.29, 0.717) is 13.1 Å². The Labute approximate surface area is 181 Å². The monoisotopic (exact) mass is 437 g/mol. The van der Waals surface area contributed by atoms with Gasteiger partial charge in [0.05, 0.1) is 6.10 Å². The van der Waals surface area contributed by atoms with Gasteiger partial charge in [-0.2, -0.15) is 0 Å². The molecule has 0 bridgehead atoms. The molecule has 4 rings (SSSR count). The molecule has 1 aromatic carbocycles. The van der Waals surface area contributed by atoms with E-state index in [1.807, 2.05) is 0 Å². The van der Waals surface area contributed by atoms with Crippen LogP contribution in [-0.2, 0) is 4.74 Å². The van der Waals surface area contributed by atoms with Crippen LogP contribution >= 0.6 is 12.2 Å². The van der Waals surface area contributed by atoms with Gasteiger partial charge in [0.25, 0.3) is 5.91 Å². The number of rotatable bonds is 3. The van der Waals surface area contributed by atoms with Crippen molar-refractivity contribution in [2.24, 2.45) is 5.41 Å². The maximum Gasteiger partial charge on any atom is 0.259 e. The molecule has 0 radical (unpaired) electrons. The Morgan fingerprint density at radius 1 is 1.23 bits per heavy atom. The zero-order valence-electron chi connectivity index (χ0n) is 17.4. The number of halogens is 2. The molecule has 30 heavy (non-hydrogen) atoms. The van der Waals surface area contributed by atoms with Gasteiger partial charge in [0, 0.05) is 39.3 Å². The first-order valence-corrected chi connectivity index (χ1v) is 11.2. The van der Waals surface area contributed by atoms with E-state index in [1.54, 1.807) is 11.8 Å². The highest BCUT2D eigenvalue weighted by atomic mass is 32.1. The van der Waals surface area contributed by atoms with Crippen molar-refractivity contribution in [1.82, 2.24) is 15.1 Å². The Hall–Kier alpha value is -1.80. The lowest BCUT2D eigenvalue weighted by atomic mass is 9.77. The zero-order chi connectivity index (χ0) is 21.3. The zero-order valence-corrected chi connectivity index (χ0v) is 18.2. The summed E-state index contributed by atoms with van der Waals surface area (Å²) in [6.45, 7) is 5.90. The highest BCUT2D eigenvalue weighted by Crippen LogP contribution is 2.40. The second-order valence-electron chi connectivity index (χ2n) is 8.84. The number of ether oxygens (including phenoxy) is 1. The quantitative estimate of drug-likeness (QED) is 0.736. The van der Waals surface area contributed by atoms with Crippen molar-refractivity contribution in [3.63, 3.8) is 0 Å². The summed E-state index contributed by atoms with van der Waals surface area (Å²) in [5, 5.41) is 4.11. The molecular weight excluding hydrogens is 408 g/mol. The number of likely N-dealkylation sites (tertiary alicyclic amines) is 2. The lowest BCUT2D eigenvalue weighted by Crippen LogP contribution is -2.46. The summed E-state index contributed by atoms with van der Waals surface area (Å²) in [7, 11) is 0. The number of carbonyl (C=O) groups is 1. The lowest BCUT2D eigenvalue weighted by molar-refractivity contribution is 0.0589. The third-order valence-corrected chi connectivity index (χ3v) is 7.24. The second kappa shape index (κ2) is 8.75. The molecule has 1 unspecified atom stereocenters. The third kappa shape index (κ3) is 4.30. The number of nitrogens with one attached hydrogen (secondary N) is 1. The molecule has 164 valence electrons. The number of amides is 1. The third-order valence-electron chi connectivity index (χ3n) is 6.84. The number of nitrogens with zero attached hydrogens (tertiary/aromatic N) is 2. The molecule has 0 aliphatic carbocycles. The number of thiocarbonyl (C=S) groups is 1. The summed E-state index contributed by atoms with van der Waals surface area (Å²) in [4.78, 5) is 16.6. The van der Waals surface area contributed by atoms with Crippen LogP contribution in [0.1, 0.15) is 48.0 Å². The highest BCUT2D eigenvalue weighted by molar-refractivity contribution is 7.80. The van der Waals surface area contributed by atoms with Gasteiger partial charge in [-0.25, -0.2) is 8.78 Å². The smallest absolute Gasteiger partial charge is 0.259 e. The maximum atomic E-state index is 14.4. The van der Waals surface area contributed by atoms with Crippen molar-refractivity contribution in [3.8, 4) is 0 Å². The van der Waals surface area contributed by atoms with E-state index in [-0.39, 0.29) is 17.1 Å². The predicted octanol–water partition coefficient (Wildman–Crippen LogP) is 3.25. The van der Waals surface area contributed by atoms with Crippen LogP contribution in [0.5, 0.6) is 0 Å². The van der Waals surface area contributed by atoms with Crippen LogP contribution in [0.15, 0.2) is 12.1 Å². The summed E-state index contributed by atoms with van der Waals surface area (Å²) >= 11 is 5.58. The summed E-state index contributed by atoms with van der Waals surface area (Å²) in [5.41, 5.74) is -0.0435. The number of hydrogen-bond acceptors (Lipinski definition) is 3. The fourth-order valence-electron chi connectivity index (χ4n) is 4.83. The molecule has 8 heteroatoms. The molecule has 5 nitrogen and oxygen atoms in total. The highest BCUT2D eigenvalue weighted by Gasteiger charge is 2.42. The first kappa shape index (κ1) is 21.4. The van der Waals surface area contributed by atoms with Gasteiger partial charge in [-0.05, 0) is 68.3 Å². The molecule has 3 saturated heterocycles. The number of carbonyl (C=O) groups excluding carboxylic acids is 1. The summed E-state index contributed by atoms with van der Waals surface area (Å²) in [6.07, 6.45) is 5.08. The van der Waals surface area contributed by atoms with Crippen LogP contribution in [-0.4, -0.2) is 66.3 Å². The van der Waals surface area contributed by atoms with E-state index in [9.17, 15) is 13.6 Å². The minimum absolute atomic E-state index is 0.107. The number of benzene rings is 1. The van der Waals surface area contributed by atoms with Crippen LogP contribution in [0, 0.1) is 24.0 Å². The summed E-state index contributed by atoms with van der Waals surface area (Å²) in [5.74, 6) is -2.10. The van der Waals surface area contributed by atoms with Crippen molar-refractivity contribution in [2.75, 3.05) is 39.3 Å². The van der Waals surface area contributed by atoms with Crippen molar-refractivity contribution >= 4 is 23.2 Å². The normalized spacial score (nSPS) is 23.2. The Morgan fingerprint density at radius 3 is 2.60 bits per heavy atom. The largest absolute Gasteiger partial charge is 0.376 e. The van der Waals surface area contributed by atoms with Gasteiger partial charge in [-0.3, -0.25) is 4.79 Å². The van der Waals surface area contributed by atoms with Crippen molar-refractivity contribution < 1.29 is 18.3 Å². The van der Waals surface area contributed by atoms with Crippen LogP contribution in [0.3, 0.4) is 0 Å². The first-order valence-electron chi connectivity index (χ1n) is 10.8. The summed E-state index contributed by atoms with van der Waals surface area (Å²) in [6, 6.07) is 2.52. The lowest BCUT2D eigenvalue weighted by Gasteiger charge is -2.39. The fourth-order valence-corrected chi connectivity index (χ4v) is 5.07. The molecule has 3 aliphatic heterocycles. The topological polar surface area (TPSA) is 44.8 Å². The van der Waals surface area contributed by atoms with E-state index in [1.165, 1.54) is 6.07 Å². The Bertz CT molecular complexity index is 821. The van der Waals surface area contributed by atoms with Gasteiger partial charge in [0.2, 0.25) is 0 Å². The molecular formula is C22H29F2N3O2S. The van der Waals surface area contributed by atoms with Gasteiger partial charge in [0.15, 0.2) is 5.11 Å². The van der Waals surface area contributed by atoms with Crippen molar-refractivity contribution in [1.29, 1.82) is 0 Å². The molecule has 1 spiro atoms. The molecule has 3 heterocycles. The minimum atomic E-state index is -0.793. The van der Waals surface area contributed by atoms with E-state index in [0.717, 1.165) is 69.5 Å². The Morgan fingerprint density at radius 2 is 1.93 bits per heavy atom. The Balaban J connectivity index is 1.31. The van der Waals surface area contributed by atoms with Crippen LogP contribution in [0.4, 0.5) is 8.78 Å². The molecule has 1 N–H and O–H groups in total. The van der Waals surface area contributed by atoms with Gasteiger partial charge in [-0.1, -0.05) is 6.07 Å². The molecule has 0 saturated carbocycles. The van der Waals surface area contributed by atoms with Crippen LogP contribution in [0.25, 0.3) is 0 Å².